The molecule has 2 aliphatic carbocycles. The van der Waals surface area contributed by atoms with Crippen molar-refractivity contribution in [1.29, 1.82) is 0 Å². The van der Waals surface area contributed by atoms with Crippen molar-refractivity contribution < 1.29 is 38.6 Å². The zero-order valence-corrected chi connectivity index (χ0v) is 21.6. The number of allylic oxidation sites excluding steroid dienone is 10. The van der Waals surface area contributed by atoms with Crippen LogP contribution in [-0.4, -0.2) is 16.1 Å². The Morgan fingerprint density at radius 3 is 1.21 bits per heavy atom. The SMILES string of the molecule is C/C(=C\C[Si](C)(C)C)[Si](C)(C)C.[CH]1C=CC=C1.[CH]1C=CC=C1.[Cl-].[Zr]. The molecule has 4 heteroatoms. The van der Waals surface area contributed by atoms with Crippen LogP contribution in [0, 0.1) is 12.8 Å². The molecule has 2 rings (SSSR count). The zero-order valence-electron chi connectivity index (χ0n) is 16.4. The normalized spacial score (nSPS) is 14.9. The fraction of sp³-hybridized carbons (Fsp3) is 0.400. The fourth-order valence-corrected chi connectivity index (χ4v) is 3.24. The van der Waals surface area contributed by atoms with Crippen LogP contribution in [0.4, 0.5) is 0 Å². The van der Waals surface area contributed by atoms with Crippen LogP contribution >= 0.6 is 0 Å². The van der Waals surface area contributed by atoms with E-state index in [0.717, 1.165) is 0 Å². The van der Waals surface area contributed by atoms with Gasteiger partial charge in [0.1, 0.15) is 0 Å². The molecular formula is C20H34ClSi2Zr-. The second-order valence-corrected chi connectivity index (χ2v) is 18.6. The molecule has 0 heterocycles. The number of hydrogen-bond donors (Lipinski definition) is 0. The van der Waals surface area contributed by atoms with E-state index in [4.69, 9.17) is 0 Å². The van der Waals surface area contributed by atoms with Gasteiger partial charge in [0.15, 0.2) is 0 Å². The molecular weight excluding hydrogens is 423 g/mol. The Hall–Kier alpha value is 0.307. The van der Waals surface area contributed by atoms with Crippen molar-refractivity contribution in [3.05, 3.63) is 72.7 Å². The second kappa shape index (κ2) is 15.6. The Labute approximate surface area is 178 Å². The van der Waals surface area contributed by atoms with Gasteiger partial charge in [-0.15, -0.1) is 0 Å². The van der Waals surface area contributed by atoms with Gasteiger partial charge in [0, 0.05) is 47.1 Å². The zero-order chi connectivity index (χ0) is 17.1. The van der Waals surface area contributed by atoms with Crippen molar-refractivity contribution in [2.24, 2.45) is 0 Å². The maximum absolute atomic E-state index is 2.50. The molecule has 0 amide bonds. The summed E-state index contributed by atoms with van der Waals surface area (Å²) in [4.78, 5) is 0. The van der Waals surface area contributed by atoms with E-state index < -0.39 is 16.1 Å². The quantitative estimate of drug-likeness (QED) is 0.566. The molecule has 0 aromatic heterocycles. The van der Waals surface area contributed by atoms with Crippen LogP contribution in [0.3, 0.4) is 0 Å². The standard InChI is InChI=1S/C10H24Si2.2C5H5.ClH.Zr/c1-10(12(5,6)7)8-9-11(2,3)4;2*1-2-4-5-3-1;;/h8H,9H2,1-7H3;2*1-5H;1H;/p-1/b10-8+;;;;. The van der Waals surface area contributed by atoms with Gasteiger partial charge in [-0.2, -0.15) is 0 Å². The van der Waals surface area contributed by atoms with Crippen molar-refractivity contribution in [3.8, 4) is 0 Å². The van der Waals surface area contributed by atoms with Gasteiger partial charge >= 0.3 is 0 Å². The van der Waals surface area contributed by atoms with Crippen LogP contribution in [0.15, 0.2) is 59.9 Å². The molecule has 134 valence electrons. The predicted octanol–water partition coefficient (Wildman–Crippen LogP) is 3.78. The van der Waals surface area contributed by atoms with Crippen molar-refractivity contribution in [2.75, 3.05) is 0 Å². The van der Waals surface area contributed by atoms with Crippen molar-refractivity contribution in [3.63, 3.8) is 0 Å². The van der Waals surface area contributed by atoms with E-state index >= 15 is 0 Å². The first-order chi connectivity index (χ1) is 10.1. The maximum atomic E-state index is 2.50. The molecule has 0 aliphatic heterocycles. The van der Waals surface area contributed by atoms with E-state index in [-0.39, 0.29) is 38.6 Å². The Balaban J connectivity index is -0.000000303. The van der Waals surface area contributed by atoms with Gasteiger partial charge < -0.3 is 12.4 Å². The third kappa shape index (κ3) is 20.4. The van der Waals surface area contributed by atoms with Crippen LogP contribution in [0.5, 0.6) is 0 Å². The van der Waals surface area contributed by atoms with Crippen LogP contribution in [-0.2, 0) is 26.2 Å². The van der Waals surface area contributed by atoms with Gasteiger partial charge in [-0.05, 0) is 13.0 Å². The molecule has 0 bridgehead atoms. The largest absolute Gasteiger partial charge is 1.00 e. The molecule has 0 spiro atoms. The third-order valence-electron chi connectivity index (χ3n) is 3.31. The topological polar surface area (TPSA) is 0 Å². The van der Waals surface area contributed by atoms with E-state index in [1.54, 1.807) is 5.20 Å². The first-order valence-electron chi connectivity index (χ1n) is 8.13. The summed E-state index contributed by atoms with van der Waals surface area (Å²) in [5, 5.41) is 1.67. The average Bonchev–Trinajstić information content (AvgIpc) is 3.10. The Morgan fingerprint density at radius 2 is 1.04 bits per heavy atom. The maximum Gasteiger partial charge on any atom is 0.0716 e. The van der Waals surface area contributed by atoms with Crippen LogP contribution in [0.2, 0.25) is 45.3 Å². The Morgan fingerprint density at radius 1 is 0.708 bits per heavy atom. The minimum Gasteiger partial charge on any atom is -1.00 e. The fourth-order valence-electron chi connectivity index (χ4n) is 1.41. The first-order valence-corrected chi connectivity index (χ1v) is 15.3. The van der Waals surface area contributed by atoms with E-state index in [1.807, 2.05) is 61.4 Å². The van der Waals surface area contributed by atoms with Gasteiger partial charge in [0.05, 0.1) is 8.07 Å². The Kier molecular flexibility index (Phi) is 18.8. The molecule has 0 saturated carbocycles. The molecule has 0 fully saturated rings. The van der Waals surface area contributed by atoms with Crippen LogP contribution < -0.4 is 12.4 Å². The summed E-state index contributed by atoms with van der Waals surface area (Å²) < 4.78 is 0. The minimum absolute atomic E-state index is 0. The summed E-state index contributed by atoms with van der Waals surface area (Å²) in [5.74, 6) is 0. The molecule has 0 aromatic carbocycles. The van der Waals surface area contributed by atoms with E-state index in [2.05, 4.69) is 52.3 Å². The molecule has 0 N–H and O–H groups in total. The molecule has 0 saturated heterocycles. The number of rotatable bonds is 3. The Bertz CT molecular complexity index is 405. The van der Waals surface area contributed by atoms with Crippen molar-refractivity contribution in [2.45, 2.75) is 52.2 Å². The molecule has 2 aliphatic rings. The summed E-state index contributed by atoms with van der Waals surface area (Å²) in [5.41, 5.74) is 0. The summed E-state index contributed by atoms with van der Waals surface area (Å²) in [6.45, 7) is 16.9. The van der Waals surface area contributed by atoms with E-state index in [0.29, 0.717) is 0 Å². The van der Waals surface area contributed by atoms with Gasteiger partial charge in [0.2, 0.25) is 0 Å². The van der Waals surface area contributed by atoms with Gasteiger partial charge in [-0.1, -0.05) is 99.2 Å². The van der Waals surface area contributed by atoms with E-state index in [9.17, 15) is 0 Å². The summed E-state index contributed by atoms with van der Waals surface area (Å²) in [7, 11) is -1.83. The van der Waals surface area contributed by atoms with Gasteiger partial charge in [-0.25, -0.2) is 0 Å². The molecule has 0 unspecified atom stereocenters. The third-order valence-corrected chi connectivity index (χ3v) is 7.31. The number of halogens is 1. The monoisotopic (exact) mass is 455 g/mol. The summed E-state index contributed by atoms with van der Waals surface area (Å²) in [6, 6.07) is 1.35. The van der Waals surface area contributed by atoms with Gasteiger partial charge in [-0.3, -0.25) is 0 Å². The van der Waals surface area contributed by atoms with Crippen molar-refractivity contribution >= 4 is 16.1 Å². The van der Waals surface area contributed by atoms with E-state index in [1.165, 1.54) is 6.04 Å². The molecule has 0 atom stereocenters. The predicted molar refractivity (Wildman–Crippen MR) is 110 cm³/mol. The first kappa shape index (κ1) is 29.1. The molecule has 2 radical (unpaired) electrons. The van der Waals surface area contributed by atoms with Gasteiger partial charge in [0.25, 0.3) is 0 Å². The molecule has 0 nitrogen and oxygen atoms in total. The summed E-state index contributed by atoms with van der Waals surface area (Å²) in [6.07, 6.45) is 22.5. The average molecular weight is 457 g/mol. The van der Waals surface area contributed by atoms with Crippen LogP contribution in [0.1, 0.15) is 6.92 Å². The molecule has 24 heavy (non-hydrogen) atoms. The smallest absolute Gasteiger partial charge is 0.0716 e. The second-order valence-electron chi connectivity index (χ2n) is 7.83. The minimum atomic E-state index is -0.977. The molecule has 0 aromatic rings. The van der Waals surface area contributed by atoms with Crippen LogP contribution in [0.25, 0.3) is 0 Å². The van der Waals surface area contributed by atoms with Crippen molar-refractivity contribution in [1.82, 2.24) is 0 Å². The summed E-state index contributed by atoms with van der Waals surface area (Å²) >= 11 is 0. The number of hydrogen-bond acceptors (Lipinski definition) is 0.